The lowest BCUT2D eigenvalue weighted by atomic mass is 9.96. The number of fused-ring (bicyclic) bond motifs is 2. The van der Waals surface area contributed by atoms with E-state index in [2.05, 4.69) is 116 Å². The highest BCUT2D eigenvalue weighted by molar-refractivity contribution is 6.08. The Kier molecular flexibility index (Phi) is 4.62. The van der Waals surface area contributed by atoms with Crippen LogP contribution in [0.5, 0.6) is 0 Å². The number of nitrogens with one attached hydrogen (secondary N) is 1. The summed E-state index contributed by atoms with van der Waals surface area (Å²) in [7, 11) is 4.15. The summed E-state index contributed by atoms with van der Waals surface area (Å²) in [6, 6.07) is 24.2. The van der Waals surface area contributed by atoms with Crippen LogP contribution >= 0.6 is 0 Å². The first-order chi connectivity index (χ1) is 15.0. The minimum atomic E-state index is 0.970. The van der Waals surface area contributed by atoms with Gasteiger partial charge in [0.25, 0.3) is 0 Å². The molecule has 3 nitrogen and oxygen atoms in total. The van der Waals surface area contributed by atoms with Crippen molar-refractivity contribution in [2.24, 2.45) is 0 Å². The number of anilines is 1. The number of para-hydroxylation sites is 1. The van der Waals surface area contributed by atoms with Crippen LogP contribution in [-0.2, 0) is 6.54 Å². The number of aryl methyl sites for hydroxylation is 2. The van der Waals surface area contributed by atoms with Crippen molar-refractivity contribution in [3.05, 3.63) is 78.0 Å². The molecule has 0 atom stereocenters. The van der Waals surface area contributed by atoms with Gasteiger partial charge in [0.05, 0.1) is 0 Å². The Bertz CT molecular complexity index is 1400. The normalized spacial score (nSPS) is 11.5. The third-order valence-corrected chi connectivity index (χ3v) is 6.56. The molecule has 3 aromatic carbocycles. The summed E-state index contributed by atoms with van der Waals surface area (Å²) < 4.78 is 2.42. The van der Waals surface area contributed by atoms with Crippen molar-refractivity contribution in [1.29, 1.82) is 0 Å². The summed E-state index contributed by atoms with van der Waals surface area (Å²) in [4.78, 5) is 5.84. The Morgan fingerprint density at radius 2 is 1.61 bits per heavy atom. The number of aromatic amines is 1. The van der Waals surface area contributed by atoms with Gasteiger partial charge < -0.3 is 14.5 Å². The highest BCUT2D eigenvalue weighted by atomic mass is 15.1. The average molecular weight is 408 g/mol. The number of nitrogens with zero attached hydrogens (tertiary/aromatic N) is 2. The van der Waals surface area contributed by atoms with Gasteiger partial charge in [-0.3, -0.25) is 0 Å². The summed E-state index contributed by atoms with van der Waals surface area (Å²) in [6.45, 7) is 7.69. The van der Waals surface area contributed by atoms with E-state index in [9.17, 15) is 0 Å². The van der Waals surface area contributed by atoms with Gasteiger partial charge in [0, 0.05) is 65.1 Å². The summed E-state index contributed by atoms with van der Waals surface area (Å²) in [5.41, 5.74) is 11.4. The molecule has 0 fully saturated rings. The fourth-order valence-electron chi connectivity index (χ4n) is 5.02. The Morgan fingerprint density at radius 3 is 2.32 bits per heavy atom. The van der Waals surface area contributed by atoms with E-state index in [-0.39, 0.29) is 0 Å². The standard InChI is InChI=1S/C28H29N3/c1-6-31-19(3)27(22-10-7-8-13-25(22)31)23-11-9-12-24-26(23)18(2)28(29-24)20-14-16-21(17-15-20)30(4)5/h7-17,29H,6H2,1-5H3. The first-order valence-corrected chi connectivity index (χ1v) is 11.0. The van der Waals surface area contributed by atoms with Gasteiger partial charge in [-0.05, 0) is 61.7 Å². The lowest BCUT2D eigenvalue weighted by Gasteiger charge is -2.12. The molecule has 0 amide bonds. The van der Waals surface area contributed by atoms with E-state index in [1.54, 1.807) is 0 Å². The first kappa shape index (κ1) is 19.5. The van der Waals surface area contributed by atoms with Gasteiger partial charge in [-0.25, -0.2) is 0 Å². The number of benzene rings is 3. The average Bonchev–Trinajstić information content (AvgIpc) is 3.27. The van der Waals surface area contributed by atoms with Gasteiger partial charge in [-0.1, -0.05) is 42.5 Å². The zero-order valence-electron chi connectivity index (χ0n) is 19.0. The molecule has 156 valence electrons. The van der Waals surface area contributed by atoms with Gasteiger partial charge in [0.15, 0.2) is 0 Å². The van der Waals surface area contributed by atoms with Crippen molar-refractivity contribution in [3.8, 4) is 22.4 Å². The Hall–Kier alpha value is -3.46. The second-order valence-corrected chi connectivity index (χ2v) is 8.52. The largest absolute Gasteiger partial charge is 0.378 e. The van der Waals surface area contributed by atoms with Crippen LogP contribution in [0.3, 0.4) is 0 Å². The Morgan fingerprint density at radius 1 is 0.871 bits per heavy atom. The van der Waals surface area contributed by atoms with E-state index in [0.717, 1.165) is 6.54 Å². The molecule has 0 aliphatic rings. The maximum absolute atomic E-state index is 3.71. The third kappa shape index (κ3) is 2.96. The van der Waals surface area contributed by atoms with Gasteiger partial charge >= 0.3 is 0 Å². The summed E-state index contributed by atoms with van der Waals surface area (Å²) in [6.07, 6.45) is 0. The van der Waals surface area contributed by atoms with E-state index in [1.807, 2.05) is 0 Å². The van der Waals surface area contributed by atoms with E-state index in [4.69, 9.17) is 0 Å². The minimum Gasteiger partial charge on any atom is -0.378 e. The smallest absolute Gasteiger partial charge is 0.0494 e. The molecule has 0 unspecified atom stereocenters. The minimum absolute atomic E-state index is 0.970. The van der Waals surface area contributed by atoms with Crippen molar-refractivity contribution in [2.75, 3.05) is 19.0 Å². The maximum Gasteiger partial charge on any atom is 0.0494 e. The van der Waals surface area contributed by atoms with Crippen LogP contribution in [0.2, 0.25) is 0 Å². The second kappa shape index (κ2) is 7.35. The van der Waals surface area contributed by atoms with Gasteiger partial charge in [-0.15, -0.1) is 0 Å². The maximum atomic E-state index is 3.71. The van der Waals surface area contributed by atoms with Crippen LogP contribution < -0.4 is 4.90 Å². The summed E-state index contributed by atoms with van der Waals surface area (Å²) in [5, 5.41) is 2.64. The number of aromatic nitrogens is 2. The van der Waals surface area contributed by atoms with Crippen molar-refractivity contribution in [2.45, 2.75) is 27.3 Å². The van der Waals surface area contributed by atoms with E-state index >= 15 is 0 Å². The van der Waals surface area contributed by atoms with Gasteiger partial charge in [0.1, 0.15) is 0 Å². The molecule has 0 aliphatic carbocycles. The molecule has 0 saturated carbocycles. The molecule has 5 aromatic rings. The molecular formula is C28H29N3. The molecule has 31 heavy (non-hydrogen) atoms. The van der Waals surface area contributed by atoms with Gasteiger partial charge in [-0.2, -0.15) is 0 Å². The molecule has 0 radical (unpaired) electrons. The SMILES string of the molecule is CCn1c(C)c(-c2cccc3[nH]c(-c4ccc(N(C)C)cc4)c(C)c23)c2ccccc21. The van der Waals surface area contributed by atoms with Crippen LogP contribution in [0.25, 0.3) is 44.2 Å². The molecule has 1 N–H and O–H groups in total. The molecule has 3 heteroatoms. The fourth-order valence-corrected chi connectivity index (χ4v) is 5.02. The van der Waals surface area contributed by atoms with Crippen LogP contribution in [0, 0.1) is 13.8 Å². The zero-order chi connectivity index (χ0) is 21.7. The first-order valence-electron chi connectivity index (χ1n) is 11.0. The molecule has 2 heterocycles. The van der Waals surface area contributed by atoms with Crippen LogP contribution in [0.1, 0.15) is 18.2 Å². The summed E-state index contributed by atoms with van der Waals surface area (Å²) >= 11 is 0. The monoisotopic (exact) mass is 407 g/mol. The Labute approximate surface area is 183 Å². The molecule has 0 spiro atoms. The van der Waals surface area contributed by atoms with Crippen LogP contribution in [0.4, 0.5) is 5.69 Å². The Balaban J connectivity index is 1.76. The molecule has 0 aliphatic heterocycles. The number of hydrogen-bond donors (Lipinski definition) is 1. The molecule has 5 rings (SSSR count). The van der Waals surface area contributed by atoms with E-state index in [1.165, 1.54) is 61.1 Å². The second-order valence-electron chi connectivity index (χ2n) is 8.52. The number of rotatable bonds is 4. The third-order valence-electron chi connectivity index (χ3n) is 6.56. The number of H-pyrrole nitrogens is 1. The van der Waals surface area contributed by atoms with Crippen molar-refractivity contribution in [3.63, 3.8) is 0 Å². The highest BCUT2D eigenvalue weighted by Crippen LogP contribution is 2.41. The van der Waals surface area contributed by atoms with E-state index < -0.39 is 0 Å². The number of hydrogen-bond acceptors (Lipinski definition) is 1. The molecule has 2 aromatic heterocycles. The molecular weight excluding hydrogens is 378 g/mol. The van der Waals surface area contributed by atoms with E-state index in [0.29, 0.717) is 0 Å². The summed E-state index contributed by atoms with van der Waals surface area (Å²) in [5.74, 6) is 0. The lowest BCUT2D eigenvalue weighted by Crippen LogP contribution is -2.07. The van der Waals surface area contributed by atoms with Crippen molar-refractivity contribution in [1.82, 2.24) is 9.55 Å². The lowest BCUT2D eigenvalue weighted by molar-refractivity contribution is 0.771. The predicted octanol–water partition coefficient (Wildman–Crippen LogP) is 7.16. The molecule has 0 saturated heterocycles. The molecule has 0 bridgehead atoms. The highest BCUT2D eigenvalue weighted by Gasteiger charge is 2.19. The fraction of sp³-hybridized carbons (Fsp3) is 0.214. The zero-order valence-corrected chi connectivity index (χ0v) is 19.0. The predicted molar refractivity (Wildman–Crippen MR) is 134 cm³/mol. The van der Waals surface area contributed by atoms with Crippen LogP contribution in [-0.4, -0.2) is 23.6 Å². The topological polar surface area (TPSA) is 24.0 Å². The van der Waals surface area contributed by atoms with Gasteiger partial charge in [0.2, 0.25) is 0 Å². The van der Waals surface area contributed by atoms with Crippen LogP contribution in [0.15, 0.2) is 66.7 Å². The quantitative estimate of drug-likeness (QED) is 0.336. The van der Waals surface area contributed by atoms with Crippen molar-refractivity contribution >= 4 is 27.5 Å². The van der Waals surface area contributed by atoms with Crippen molar-refractivity contribution < 1.29 is 0 Å².